The lowest BCUT2D eigenvalue weighted by Crippen LogP contribution is -2.35. The molecule has 0 saturated carbocycles. The first kappa shape index (κ1) is 21.5. The Bertz CT molecular complexity index is 930. The van der Waals surface area contributed by atoms with Gasteiger partial charge in [-0.2, -0.15) is 0 Å². The molecule has 0 unspecified atom stereocenters. The van der Waals surface area contributed by atoms with Gasteiger partial charge in [0.1, 0.15) is 23.2 Å². The van der Waals surface area contributed by atoms with E-state index in [1.54, 1.807) is 0 Å². The van der Waals surface area contributed by atoms with Gasteiger partial charge in [0, 0.05) is 0 Å². The average Bonchev–Trinajstić information content (AvgIpc) is 2.87. The molecule has 0 aliphatic rings. The lowest BCUT2D eigenvalue weighted by Gasteiger charge is -2.31. The number of aryl methyl sites for hydroxylation is 1. The molecule has 4 aromatic rings. The molecule has 4 aromatic carbocycles. The highest BCUT2D eigenvalue weighted by atomic mass is 31.2. The summed E-state index contributed by atoms with van der Waals surface area (Å²) in [6.07, 6.45) is 4.81. The molecule has 0 spiro atoms. The third-order valence-corrected chi connectivity index (χ3v) is 11.0. The number of benzene rings is 4. The van der Waals surface area contributed by atoms with Gasteiger partial charge >= 0.3 is 0 Å². The van der Waals surface area contributed by atoms with E-state index in [1.807, 2.05) is 0 Å². The van der Waals surface area contributed by atoms with E-state index in [-0.39, 0.29) is 0 Å². The van der Waals surface area contributed by atoms with E-state index < -0.39 is 7.26 Å². The Labute approximate surface area is 188 Å². The summed E-state index contributed by atoms with van der Waals surface area (Å²) in [5, 5.41) is 4.47. The van der Waals surface area contributed by atoms with Crippen LogP contribution in [-0.2, 0) is 6.42 Å². The van der Waals surface area contributed by atoms with Crippen LogP contribution in [0.25, 0.3) is 0 Å². The minimum atomic E-state index is -1.75. The highest BCUT2D eigenvalue weighted by Gasteiger charge is 2.46. The molecule has 0 bridgehead atoms. The second-order valence-corrected chi connectivity index (χ2v) is 11.8. The molecule has 31 heavy (non-hydrogen) atoms. The molecular formula is C30H32P+. The quantitative estimate of drug-likeness (QED) is 0.265. The van der Waals surface area contributed by atoms with Crippen molar-refractivity contribution in [2.24, 2.45) is 5.92 Å². The molecule has 156 valence electrons. The second kappa shape index (κ2) is 10.6. The topological polar surface area (TPSA) is 0 Å². The zero-order valence-electron chi connectivity index (χ0n) is 18.4. The standard InChI is InChI=1S/C30H32P/c1-2-26(23-24-27-15-7-3-8-16-27)25-31(28-17-9-4-10-18-28,29-19-11-5-12-20-29)30-21-13-6-14-22-30/h3-22,26H,2,23-25H2,1H3/q+1/t26-/m1/s1. The van der Waals surface area contributed by atoms with Gasteiger partial charge in [-0.3, -0.25) is 0 Å². The molecule has 0 nitrogen and oxygen atoms in total. The van der Waals surface area contributed by atoms with Gasteiger partial charge in [-0.05, 0) is 67.1 Å². The monoisotopic (exact) mass is 423 g/mol. The summed E-state index contributed by atoms with van der Waals surface area (Å²) in [4.78, 5) is 0. The van der Waals surface area contributed by atoms with Crippen molar-refractivity contribution < 1.29 is 0 Å². The van der Waals surface area contributed by atoms with E-state index in [1.165, 1.54) is 40.5 Å². The van der Waals surface area contributed by atoms with E-state index >= 15 is 0 Å². The van der Waals surface area contributed by atoms with Crippen LogP contribution in [-0.4, -0.2) is 6.16 Å². The highest BCUT2D eigenvalue weighted by Crippen LogP contribution is 2.57. The lowest BCUT2D eigenvalue weighted by molar-refractivity contribution is 0.522. The van der Waals surface area contributed by atoms with Crippen molar-refractivity contribution >= 4 is 23.2 Å². The molecule has 1 atom stereocenters. The molecule has 0 saturated heterocycles. The van der Waals surface area contributed by atoms with Gasteiger partial charge in [0.25, 0.3) is 0 Å². The highest BCUT2D eigenvalue weighted by molar-refractivity contribution is 7.95. The van der Waals surface area contributed by atoms with Crippen molar-refractivity contribution in [2.45, 2.75) is 26.2 Å². The Kier molecular flexibility index (Phi) is 7.34. The fourth-order valence-corrected chi connectivity index (χ4v) is 9.42. The molecule has 0 aromatic heterocycles. The van der Waals surface area contributed by atoms with Gasteiger partial charge in [-0.1, -0.05) is 91.9 Å². The van der Waals surface area contributed by atoms with Crippen LogP contribution in [0.4, 0.5) is 0 Å². The average molecular weight is 424 g/mol. The van der Waals surface area contributed by atoms with E-state index in [0.717, 1.165) is 6.42 Å². The Morgan fingerprint density at radius 1 is 0.548 bits per heavy atom. The number of rotatable bonds is 9. The lowest BCUT2D eigenvalue weighted by atomic mass is 9.99. The van der Waals surface area contributed by atoms with Crippen LogP contribution < -0.4 is 15.9 Å². The summed E-state index contributed by atoms with van der Waals surface area (Å²) in [7, 11) is -1.75. The minimum absolute atomic E-state index is 0.675. The Balaban J connectivity index is 1.77. The summed E-state index contributed by atoms with van der Waals surface area (Å²) in [6, 6.07) is 44.8. The van der Waals surface area contributed by atoms with Gasteiger partial charge in [0.2, 0.25) is 0 Å². The number of hydrogen-bond acceptors (Lipinski definition) is 0. The van der Waals surface area contributed by atoms with Crippen LogP contribution in [0.5, 0.6) is 0 Å². The maximum Gasteiger partial charge on any atom is 0.112 e. The molecule has 0 aliphatic heterocycles. The third-order valence-electron chi connectivity index (χ3n) is 6.38. The largest absolute Gasteiger partial charge is 0.112 e. The van der Waals surface area contributed by atoms with Crippen LogP contribution in [0.15, 0.2) is 121 Å². The maximum atomic E-state index is 2.37. The molecular weight excluding hydrogens is 391 g/mol. The van der Waals surface area contributed by atoms with Crippen LogP contribution in [0, 0.1) is 5.92 Å². The summed E-state index contributed by atoms with van der Waals surface area (Å²) in [6.45, 7) is 2.37. The molecule has 0 amide bonds. The first-order chi connectivity index (χ1) is 15.3. The molecule has 0 aliphatic carbocycles. The van der Waals surface area contributed by atoms with E-state index in [2.05, 4.69) is 128 Å². The van der Waals surface area contributed by atoms with Gasteiger partial charge in [0.05, 0.1) is 6.16 Å². The summed E-state index contributed by atoms with van der Waals surface area (Å²) in [5.41, 5.74) is 1.45. The molecule has 0 heterocycles. The predicted octanol–water partition coefficient (Wildman–Crippen LogP) is 6.64. The van der Waals surface area contributed by atoms with Crippen molar-refractivity contribution in [3.63, 3.8) is 0 Å². The van der Waals surface area contributed by atoms with Gasteiger partial charge in [-0.15, -0.1) is 0 Å². The third kappa shape index (κ3) is 4.97. The zero-order valence-corrected chi connectivity index (χ0v) is 19.3. The molecule has 0 fully saturated rings. The van der Waals surface area contributed by atoms with Gasteiger partial charge in [-0.25, -0.2) is 0 Å². The zero-order chi connectivity index (χ0) is 21.4. The fourth-order valence-electron chi connectivity index (χ4n) is 4.64. The predicted molar refractivity (Wildman–Crippen MR) is 139 cm³/mol. The van der Waals surface area contributed by atoms with Crippen molar-refractivity contribution in [3.8, 4) is 0 Å². The summed E-state index contributed by atoms with van der Waals surface area (Å²) < 4.78 is 0. The Hall–Kier alpha value is -2.69. The van der Waals surface area contributed by atoms with E-state index in [0.29, 0.717) is 5.92 Å². The van der Waals surface area contributed by atoms with Crippen LogP contribution in [0.2, 0.25) is 0 Å². The molecule has 4 rings (SSSR count). The Morgan fingerprint density at radius 3 is 1.32 bits per heavy atom. The first-order valence-corrected chi connectivity index (χ1v) is 13.4. The van der Waals surface area contributed by atoms with Crippen molar-refractivity contribution in [1.29, 1.82) is 0 Å². The molecule has 0 N–H and O–H groups in total. The fraction of sp³-hybridized carbons (Fsp3) is 0.200. The smallest absolute Gasteiger partial charge is 0.0650 e. The van der Waals surface area contributed by atoms with Crippen molar-refractivity contribution in [2.75, 3.05) is 6.16 Å². The van der Waals surface area contributed by atoms with E-state index in [9.17, 15) is 0 Å². The SMILES string of the molecule is CC[C@H](CCc1ccccc1)C[P+](c1ccccc1)(c1ccccc1)c1ccccc1. The second-order valence-electron chi connectivity index (χ2n) is 8.30. The van der Waals surface area contributed by atoms with Gasteiger partial charge in [0.15, 0.2) is 0 Å². The van der Waals surface area contributed by atoms with E-state index in [4.69, 9.17) is 0 Å². The molecule has 0 radical (unpaired) electrons. The normalized spacial score (nSPS) is 12.4. The maximum absolute atomic E-state index is 2.37. The Morgan fingerprint density at radius 2 is 0.935 bits per heavy atom. The van der Waals surface area contributed by atoms with Crippen LogP contribution >= 0.6 is 7.26 Å². The molecule has 1 heteroatoms. The first-order valence-electron chi connectivity index (χ1n) is 11.4. The van der Waals surface area contributed by atoms with Crippen LogP contribution in [0.3, 0.4) is 0 Å². The summed E-state index contributed by atoms with van der Waals surface area (Å²) in [5.74, 6) is 0.675. The van der Waals surface area contributed by atoms with Crippen molar-refractivity contribution in [1.82, 2.24) is 0 Å². The minimum Gasteiger partial charge on any atom is -0.0650 e. The van der Waals surface area contributed by atoms with Crippen LogP contribution in [0.1, 0.15) is 25.3 Å². The van der Waals surface area contributed by atoms with Crippen molar-refractivity contribution in [3.05, 3.63) is 127 Å². The summed E-state index contributed by atoms with van der Waals surface area (Å²) >= 11 is 0. The number of hydrogen-bond donors (Lipinski definition) is 0. The van der Waals surface area contributed by atoms with Gasteiger partial charge < -0.3 is 0 Å².